The number of pyridine rings is 1. The van der Waals surface area contributed by atoms with Crippen LogP contribution in [0.4, 0.5) is 5.69 Å². The molecule has 0 saturated carbocycles. The standard InChI is InChI=1S/C12H12N2O2S/c1-8-3-5-17-11(8)12(16)14-10-6-13-4-2-9(10)7-15/h2-6,15H,7H2,1H3,(H,14,16). The summed E-state index contributed by atoms with van der Waals surface area (Å²) in [6.45, 7) is 1.77. The zero-order valence-electron chi connectivity index (χ0n) is 9.30. The van der Waals surface area contributed by atoms with E-state index in [1.54, 1.807) is 12.3 Å². The van der Waals surface area contributed by atoms with Gasteiger partial charge in [0.25, 0.3) is 5.91 Å². The quantitative estimate of drug-likeness (QED) is 0.875. The van der Waals surface area contributed by atoms with Gasteiger partial charge in [0.2, 0.25) is 0 Å². The Balaban J connectivity index is 2.22. The van der Waals surface area contributed by atoms with Crippen molar-refractivity contribution < 1.29 is 9.90 Å². The van der Waals surface area contributed by atoms with Gasteiger partial charge >= 0.3 is 0 Å². The van der Waals surface area contributed by atoms with E-state index >= 15 is 0 Å². The van der Waals surface area contributed by atoms with Crippen LogP contribution >= 0.6 is 11.3 Å². The zero-order chi connectivity index (χ0) is 12.3. The number of rotatable bonds is 3. The van der Waals surface area contributed by atoms with E-state index in [-0.39, 0.29) is 12.5 Å². The van der Waals surface area contributed by atoms with E-state index in [0.29, 0.717) is 16.1 Å². The lowest BCUT2D eigenvalue weighted by Gasteiger charge is -2.08. The summed E-state index contributed by atoms with van der Waals surface area (Å²) in [5.74, 6) is -0.166. The molecular weight excluding hydrogens is 236 g/mol. The second-order valence-corrected chi connectivity index (χ2v) is 4.49. The van der Waals surface area contributed by atoms with Crippen molar-refractivity contribution in [3.63, 3.8) is 0 Å². The largest absolute Gasteiger partial charge is 0.392 e. The highest BCUT2D eigenvalue weighted by Gasteiger charge is 2.12. The SMILES string of the molecule is Cc1ccsc1C(=O)Nc1cnccc1CO. The van der Waals surface area contributed by atoms with Crippen LogP contribution in [0.25, 0.3) is 0 Å². The number of nitrogens with zero attached hydrogens (tertiary/aromatic N) is 1. The number of carbonyl (C=O) groups is 1. The number of nitrogens with one attached hydrogen (secondary N) is 1. The highest BCUT2D eigenvalue weighted by Crippen LogP contribution is 2.19. The lowest BCUT2D eigenvalue weighted by molar-refractivity contribution is 0.103. The summed E-state index contributed by atoms with van der Waals surface area (Å²) < 4.78 is 0. The summed E-state index contributed by atoms with van der Waals surface area (Å²) >= 11 is 1.40. The van der Waals surface area contributed by atoms with Crippen molar-refractivity contribution in [3.8, 4) is 0 Å². The molecule has 0 unspecified atom stereocenters. The maximum Gasteiger partial charge on any atom is 0.266 e. The van der Waals surface area contributed by atoms with Crippen molar-refractivity contribution in [2.24, 2.45) is 0 Å². The first-order chi connectivity index (χ1) is 8.22. The molecule has 0 aliphatic heterocycles. The fourth-order valence-electron chi connectivity index (χ4n) is 1.46. The maximum atomic E-state index is 12.0. The fraction of sp³-hybridized carbons (Fsp3) is 0.167. The molecule has 0 aliphatic carbocycles. The molecule has 0 bridgehead atoms. The highest BCUT2D eigenvalue weighted by molar-refractivity contribution is 7.12. The van der Waals surface area contributed by atoms with Crippen LogP contribution in [0.15, 0.2) is 29.9 Å². The molecule has 88 valence electrons. The Bertz CT molecular complexity index is 537. The smallest absolute Gasteiger partial charge is 0.266 e. The number of aromatic nitrogens is 1. The van der Waals surface area contributed by atoms with Crippen molar-refractivity contribution in [2.75, 3.05) is 5.32 Å². The van der Waals surface area contributed by atoms with E-state index in [4.69, 9.17) is 5.11 Å². The minimum absolute atomic E-state index is 0.123. The average molecular weight is 248 g/mol. The van der Waals surface area contributed by atoms with Gasteiger partial charge in [-0.3, -0.25) is 9.78 Å². The van der Waals surface area contributed by atoms with Crippen LogP contribution in [-0.4, -0.2) is 16.0 Å². The van der Waals surface area contributed by atoms with E-state index in [1.165, 1.54) is 17.5 Å². The predicted octanol–water partition coefficient (Wildman–Crippen LogP) is 2.20. The first kappa shape index (κ1) is 11.8. The third kappa shape index (κ3) is 2.51. The van der Waals surface area contributed by atoms with E-state index in [0.717, 1.165) is 5.56 Å². The lowest BCUT2D eigenvalue weighted by atomic mass is 10.2. The average Bonchev–Trinajstić information content (AvgIpc) is 2.76. The molecule has 1 amide bonds. The minimum atomic E-state index is -0.166. The minimum Gasteiger partial charge on any atom is -0.392 e. The number of thiophene rings is 1. The number of amides is 1. The molecule has 0 aliphatic rings. The Hall–Kier alpha value is -1.72. The van der Waals surface area contributed by atoms with Crippen LogP contribution in [0.2, 0.25) is 0 Å². The molecule has 0 saturated heterocycles. The number of hydrogen-bond acceptors (Lipinski definition) is 4. The molecule has 2 aromatic heterocycles. The number of carbonyl (C=O) groups excluding carboxylic acids is 1. The van der Waals surface area contributed by atoms with Crippen LogP contribution in [-0.2, 0) is 6.61 Å². The first-order valence-corrected chi connectivity index (χ1v) is 5.99. The number of anilines is 1. The lowest BCUT2D eigenvalue weighted by Crippen LogP contribution is -2.13. The summed E-state index contributed by atoms with van der Waals surface area (Å²) in [6, 6.07) is 3.58. The summed E-state index contributed by atoms with van der Waals surface area (Å²) in [5, 5.41) is 13.8. The topological polar surface area (TPSA) is 62.2 Å². The Labute approximate surface area is 103 Å². The van der Waals surface area contributed by atoms with Crippen molar-refractivity contribution >= 4 is 22.9 Å². The van der Waals surface area contributed by atoms with E-state index in [1.807, 2.05) is 18.4 Å². The molecule has 4 nitrogen and oxygen atoms in total. The van der Waals surface area contributed by atoms with Gasteiger partial charge in [0, 0.05) is 11.8 Å². The maximum absolute atomic E-state index is 12.0. The fourth-order valence-corrected chi connectivity index (χ4v) is 2.28. The van der Waals surface area contributed by atoms with Crippen LogP contribution in [0.1, 0.15) is 20.8 Å². The van der Waals surface area contributed by atoms with Gasteiger partial charge in [-0.15, -0.1) is 11.3 Å². The van der Waals surface area contributed by atoms with Gasteiger partial charge in [-0.05, 0) is 30.0 Å². The van der Waals surface area contributed by atoms with Gasteiger partial charge in [0.15, 0.2) is 0 Å². The molecule has 0 aromatic carbocycles. The van der Waals surface area contributed by atoms with Crippen LogP contribution in [0.5, 0.6) is 0 Å². The summed E-state index contributed by atoms with van der Waals surface area (Å²) in [6.07, 6.45) is 3.12. The molecule has 2 aromatic rings. The third-order valence-corrected chi connectivity index (χ3v) is 3.41. The molecule has 5 heteroatoms. The number of aliphatic hydroxyl groups is 1. The molecular formula is C12H12N2O2S. The molecule has 0 fully saturated rings. The van der Waals surface area contributed by atoms with E-state index in [2.05, 4.69) is 10.3 Å². The number of hydrogen-bond donors (Lipinski definition) is 2. The van der Waals surface area contributed by atoms with Crippen LogP contribution in [0.3, 0.4) is 0 Å². The second-order valence-electron chi connectivity index (χ2n) is 3.58. The van der Waals surface area contributed by atoms with Crippen LogP contribution in [0, 0.1) is 6.92 Å². The van der Waals surface area contributed by atoms with E-state index < -0.39 is 0 Å². The molecule has 17 heavy (non-hydrogen) atoms. The molecule has 2 heterocycles. The number of aryl methyl sites for hydroxylation is 1. The first-order valence-electron chi connectivity index (χ1n) is 5.11. The Morgan fingerprint density at radius 1 is 1.53 bits per heavy atom. The summed E-state index contributed by atoms with van der Waals surface area (Å²) in [5.41, 5.74) is 2.15. The molecule has 0 spiro atoms. The molecule has 0 radical (unpaired) electrons. The van der Waals surface area contributed by atoms with Gasteiger partial charge in [-0.2, -0.15) is 0 Å². The third-order valence-electron chi connectivity index (χ3n) is 2.40. The second kappa shape index (κ2) is 5.07. The van der Waals surface area contributed by atoms with Crippen molar-refractivity contribution in [1.29, 1.82) is 0 Å². The van der Waals surface area contributed by atoms with Gasteiger partial charge in [0.05, 0.1) is 23.4 Å². The van der Waals surface area contributed by atoms with Gasteiger partial charge in [-0.1, -0.05) is 0 Å². The Kier molecular flexibility index (Phi) is 3.51. The zero-order valence-corrected chi connectivity index (χ0v) is 10.1. The normalized spacial score (nSPS) is 10.2. The molecule has 2 N–H and O–H groups in total. The highest BCUT2D eigenvalue weighted by atomic mass is 32.1. The predicted molar refractivity (Wildman–Crippen MR) is 67.2 cm³/mol. The molecule has 2 rings (SSSR count). The summed E-state index contributed by atoms with van der Waals surface area (Å²) in [7, 11) is 0. The van der Waals surface area contributed by atoms with Crippen molar-refractivity contribution in [3.05, 3.63) is 45.9 Å². The van der Waals surface area contributed by atoms with Gasteiger partial charge < -0.3 is 10.4 Å². The van der Waals surface area contributed by atoms with Gasteiger partial charge in [0.1, 0.15) is 0 Å². The van der Waals surface area contributed by atoms with Gasteiger partial charge in [-0.25, -0.2) is 0 Å². The molecule has 0 atom stereocenters. The van der Waals surface area contributed by atoms with Crippen molar-refractivity contribution in [1.82, 2.24) is 4.98 Å². The number of aliphatic hydroxyl groups excluding tert-OH is 1. The Morgan fingerprint density at radius 3 is 3.00 bits per heavy atom. The van der Waals surface area contributed by atoms with Crippen molar-refractivity contribution in [2.45, 2.75) is 13.5 Å². The van der Waals surface area contributed by atoms with E-state index in [9.17, 15) is 4.79 Å². The summed E-state index contributed by atoms with van der Waals surface area (Å²) in [4.78, 5) is 16.6. The van der Waals surface area contributed by atoms with Crippen LogP contribution < -0.4 is 5.32 Å². The Morgan fingerprint density at radius 2 is 2.35 bits per heavy atom. The monoisotopic (exact) mass is 248 g/mol.